The fourth-order valence-corrected chi connectivity index (χ4v) is 1.31. The predicted octanol–water partition coefficient (Wildman–Crippen LogP) is 3.07. The molecule has 0 spiro atoms. The number of hydrogen-bond acceptors (Lipinski definition) is 2. The molecule has 0 bridgehead atoms. The molecule has 0 aromatic heterocycles. The van der Waals surface area contributed by atoms with Crippen molar-refractivity contribution in [1.29, 1.82) is 0 Å². The minimum absolute atomic E-state index is 0.795. The van der Waals surface area contributed by atoms with Crippen LogP contribution in [0.3, 0.4) is 0 Å². The van der Waals surface area contributed by atoms with E-state index in [2.05, 4.69) is 15.9 Å². The number of halogens is 1. The van der Waals surface area contributed by atoms with Crippen LogP contribution in [0.2, 0.25) is 0 Å². The summed E-state index contributed by atoms with van der Waals surface area (Å²) < 4.78 is 10.3. The van der Waals surface area contributed by atoms with E-state index in [0.717, 1.165) is 17.1 Å². The summed E-state index contributed by atoms with van der Waals surface area (Å²) in [4.78, 5) is 1.79. The Labute approximate surface area is 86.3 Å². The van der Waals surface area contributed by atoms with Crippen LogP contribution in [-0.2, 0) is 0 Å². The molecule has 1 aromatic rings. The van der Waals surface area contributed by atoms with Gasteiger partial charge in [0.2, 0.25) is 0 Å². The molecule has 0 heterocycles. The van der Waals surface area contributed by atoms with Crippen molar-refractivity contribution >= 4 is 22.0 Å². The fourth-order valence-electron chi connectivity index (χ4n) is 1.02. The highest BCUT2D eigenvalue weighted by Crippen LogP contribution is 2.25. The van der Waals surface area contributed by atoms with Gasteiger partial charge in [-0.15, -0.1) is 0 Å². The summed E-state index contributed by atoms with van der Waals surface area (Å²) in [5.74, 6) is 1.60. The second kappa shape index (κ2) is 4.92. The van der Waals surface area contributed by atoms with E-state index >= 15 is 0 Å². The predicted molar refractivity (Wildman–Crippen MR) is 57.5 cm³/mol. The van der Waals surface area contributed by atoms with Gasteiger partial charge >= 0.3 is 0 Å². The molecule has 0 aliphatic carbocycles. The van der Waals surface area contributed by atoms with Crippen molar-refractivity contribution in [2.45, 2.75) is 0 Å². The maximum Gasteiger partial charge on any atom is 0.129 e. The second-order valence-electron chi connectivity index (χ2n) is 2.40. The highest BCUT2D eigenvalue weighted by atomic mass is 79.9. The monoisotopic (exact) mass is 242 g/mol. The lowest BCUT2D eigenvalue weighted by molar-refractivity contribution is 0.394. The van der Waals surface area contributed by atoms with Crippen LogP contribution >= 0.6 is 15.9 Å². The van der Waals surface area contributed by atoms with Gasteiger partial charge in [-0.25, -0.2) is 0 Å². The lowest BCUT2D eigenvalue weighted by Gasteiger charge is -2.06. The van der Waals surface area contributed by atoms with Gasteiger partial charge in [0, 0.05) is 11.6 Å². The standard InChI is InChI=1S/C10H11BrO2/c1-12-9-4-3-8(5-6-11)10(7-9)13-2/h3-7H,1-2H3/b6-5+. The third-order valence-electron chi connectivity index (χ3n) is 1.68. The van der Waals surface area contributed by atoms with E-state index in [1.165, 1.54) is 0 Å². The second-order valence-corrected chi connectivity index (χ2v) is 2.93. The SMILES string of the molecule is COc1ccc(/C=C/Br)c(OC)c1. The van der Waals surface area contributed by atoms with Crippen LogP contribution in [0.25, 0.3) is 6.08 Å². The molecule has 0 radical (unpaired) electrons. The van der Waals surface area contributed by atoms with Crippen molar-refractivity contribution in [3.05, 3.63) is 28.7 Å². The normalized spacial score (nSPS) is 10.4. The Balaban J connectivity index is 3.07. The van der Waals surface area contributed by atoms with Crippen LogP contribution in [0.1, 0.15) is 5.56 Å². The van der Waals surface area contributed by atoms with Gasteiger partial charge in [-0.05, 0) is 23.2 Å². The summed E-state index contributed by atoms with van der Waals surface area (Å²) in [5.41, 5.74) is 1.01. The van der Waals surface area contributed by atoms with Crippen LogP contribution in [0.15, 0.2) is 23.2 Å². The first-order valence-corrected chi connectivity index (χ1v) is 4.72. The van der Waals surface area contributed by atoms with E-state index in [9.17, 15) is 0 Å². The molecule has 0 unspecified atom stereocenters. The summed E-state index contributed by atoms with van der Waals surface area (Å²) in [6.45, 7) is 0. The molecule has 0 aliphatic rings. The number of ether oxygens (including phenoxy) is 2. The number of benzene rings is 1. The fraction of sp³-hybridized carbons (Fsp3) is 0.200. The summed E-state index contributed by atoms with van der Waals surface area (Å²) in [5, 5.41) is 0. The maximum atomic E-state index is 5.19. The van der Waals surface area contributed by atoms with Gasteiger partial charge < -0.3 is 9.47 Å². The quantitative estimate of drug-likeness (QED) is 0.812. The van der Waals surface area contributed by atoms with Gasteiger partial charge in [0.15, 0.2) is 0 Å². The number of hydrogen-bond donors (Lipinski definition) is 0. The molecule has 0 fully saturated rings. The third kappa shape index (κ3) is 2.49. The van der Waals surface area contributed by atoms with E-state index in [1.54, 1.807) is 19.2 Å². The largest absolute Gasteiger partial charge is 0.497 e. The minimum atomic E-state index is 0.795. The molecule has 3 heteroatoms. The molecule has 0 aliphatic heterocycles. The van der Waals surface area contributed by atoms with Crippen molar-refractivity contribution in [2.75, 3.05) is 14.2 Å². The Morgan fingerprint density at radius 1 is 1.23 bits per heavy atom. The molecule has 1 rings (SSSR count). The number of rotatable bonds is 3. The topological polar surface area (TPSA) is 18.5 Å². The molecular weight excluding hydrogens is 232 g/mol. The molecular formula is C10H11BrO2. The molecule has 0 amide bonds. The number of methoxy groups -OCH3 is 2. The summed E-state index contributed by atoms with van der Waals surface area (Å²) in [6, 6.07) is 5.68. The van der Waals surface area contributed by atoms with Crippen molar-refractivity contribution in [3.8, 4) is 11.5 Å². The van der Waals surface area contributed by atoms with Crippen LogP contribution in [0, 0.1) is 0 Å². The Bertz CT molecular complexity index is 308. The van der Waals surface area contributed by atoms with Crippen LogP contribution in [0.5, 0.6) is 11.5 Å². The van der Waals surface area contributed by atoms with E-state index < -0.39 is 0 Å². The zero-order valence-corrected chi connectivity index (χ0v) is 9.17. The van der Waals surface area contributed by atoms with E-state index in [0.29, 0.717) is 0 Å². The van der Waals surface area contributed by atoms with Crippen molar-refractivity contribution in [3.63, 3.8) is 0 Å². The average Bonchev–Trinajstić information content (AvgIpc) is 2.19. The molecule has 70 valence electrons. The zero-order chi connectivity index (χ0) is 9.68. The highest BCUT2D eigenvalue weighted by Gasteiger charge is 2.00. The minimum Gasteiger partial charge on any atom is -0.497 e. The third-order valence-corrected chi connectivity index (χ3v) is 1.95. The maximum absolute atomic E-state index is 5.19. The lowest BCUT2D eigenvalue weighted by atomic mass is 10.2. The molecule has 0 saturated carbocycles. The van der Waals surface area contributed by atoms with E-state index in [-0.39, 0.29) is 0 Å². The highest BCUT2D eigenvalue weighted by molar-refractivity contribution is 9.11. The first-order valence-electron chi connectivity index (χ1n) is 3.80. The Kier molecular flexibility index (Phi) is 3.83. The first kappa shape index (κ1) is 10.1. The Hall–Kier alpha value is -0.960. The van der Waals surface area contributed by atoms with Crippen molar-refractivity contribution < 1.29 is 9.47 Å². The molecule has 2 nitrogen and oxygen atoms in total. The molecule has 1 aromatic carbocycles. The van der Waals surface area contributed by atoms with Crippen LogP contribution in [0.4, 0.5) is 0 Å². The van der Waals surface area contributed by atoms with Gasteiger partial charge in [-0.1, -0.05) is 15.9 Å². The lowest BCUT2D eigenvalue weighted by Crippen LogP contribution is -1.89. The van der Waals surface area contributed by atoms with Gasteiger partial charge in [0.05, 0.1) is 14.2 Å². The Morgan fingerprint density at radius 2 is 2.00 bits per heavy atom. The van der Waals surface area contributed by atoms with Crippen LogP contribution in [-0.4, -0.2) is 14.2 Å². The zero-order valence-electron chi connectivity index (χ0n) is 7.58. The average molecular weight is 243 g/mol. The van der Waals surface area contributed by atoms with Crippen molar-refractivity contribution in [1.82, 2.24) is 0 Å². The summed E-state index contributed by atoms with van der Waals surface area (Å²) >= 11 is 3.22. The Morgan fingerprint density at radius 3 is 2.54 bits per heavy atom. The first-order chi connectivity index (χ1) is 6.31. The van der Waals surface area contributed by atoms with Crippen molar-refractivity contribution in [2.24, 2.45) is 0 Å². The summed E-state index contributed by atoms with van der Waals surface area (Å²) in [7, 11) is 3.27. The molecule has 13 heavy (non-hydrogen) atoms. The molecule has 0 saturated heterocycles. The van der Waals surface area contributed by atoms with E-state index in [4.69, 9.17) is 9.47 Å². The molecule has 0 atom stereocenters. The van der Waals surface area contributed by atoms with Gasteiger partial charge in [-0.3, -0.25) is 0 Å². The molecule has 0 N–H and O–H groups in total. The van der Waals surface area contributed by atoms with Crippen LogP contribution < -0.4 is 9.47 Å². The smallest absolute Gasteiger partial charge is 0.129 e. The van der Waals surface area contributed by atoms with Gasteiger partial charge in [0.1, 0.15) is 11.5 Å². The summed E-state index contributed by atoms with van der Waals surface area (Å²) in [6.07, 6.45) is 1.91. The van der Waals surface area contributed by atoms with Gasteiger partial charge in [0.25, 0.3) is 0 Å². The van der Waals surface area contributed by atoms with Gasteiger partial charge in [-0.2, -0.15) is 0 Å². The van der Waals surface area contributed by atoms with E-state index in [1.807, 2.05) is 24.3 Å².